The predicted octanol–water partition coefficient (Wildman–Crippen LogP) is 0.141. The fourth-order valence-corrected chi connectivity index (χ4v) is 2.73. The van der Waals surface area contributed by atoms with Crippen LogP contribution in [0.3, 0.4) is 0 Å². The average molecular weight is 433 g/mol. The third-order valence-corrected chi connectivity index (χ3v) is 5.22. The van der Waals surface area contributed by atoms with E-state index in [0.29, 0.717) is 6.42 Å². The smallest absolute Gasteiger partial charge is 0.327 e. The monoisotopic (exact) mass is 432 g/mol. The van der Waals surface area contributed by atoms with E-state index in [-0.39, 0.29) is 23.5 Å². The largest absolute Gasteiger partial charge is 0.480 e. The summed E-state index contributed by atoms with van der Waals surface area (Å²) in [6.07, 6.45) is 0.577. The number of carbonyl (C=O) groups is 4. The van der Waals surface area contributed by atoms with E-state index in [1.165, 1.54) is 0 Å². The maximum Gasteiger partial charge on any atom is 0.327 e. The van der Waals surface area contributed by atoms with Gasteiger partial charge in [0, 0.05) is 5.75 Å². The van der Waals surface area contributed by atoms with Crippen LogP contribution in [-0.2, 0) is 19.2 Å². The highest BCUT2D eigenvalue weighted by atomic mass is 32.1. The van der Waals surface area contributed by atoms with Crippen molar-refractivity contribution in [2.45, 2.75) is 72.1 Å². The molecule has 0 aromatic heterocycles. The highest BCUT2D eigenvalue weighted by Gasteiger charge is 2.33. The minimum atomic E-state index is -1.21. The van der Waals surface area contributed by atoms with Gasteiger partial charge < -0.3 is 26.8 Å². The van der Waals surface area contributed by atoms with Gasteiger partial charge in [-0.2, -0.15) is 12.6 Å². The fourth-order valence-electron chi connectivity index (χ4n) is 2.48. The molecule has 5 unspecified atom stereocenters. The van der Waals surface area contributed by atoms with Gasteiger partial charge in [0.25, 0.3) is 0 Å². The Morgan fingerprint density at radius 3 is 1.72 bits per heavy atom. The molecule has 0 aromatic carbocycles. The molecule has 6 N–H and O–H groups in total. The number of hydrogen-bond donors (Lipinski definition) is 6. The Morgan fingerprint density at radius 1 is 0.862 bits per heavy atom. The molecule has 9 nitrogen and oxygen atoms in total. The standard InChI is InChI=1S/C19H36N4O5S/c1-7-11(6)15(18(26)21-12(8-29)19(27)28)23-17(25)14(10(4)5)22-16(24)13(20)9(2)3/h9-15,29H,7-8,20H2,1-6H3,(H,21,26)(H,22,24)(H,23,25)(H,27,28). The first kappa shape index (κ1) is 27.2. The van der Waals surface area contributed by atoms with Crippen LogP contribution in [0.4, 0.5) is 0 Å². The summed E-state index contributed by atoms with van der Waals surface area (Å²) in [5, 5.41) is 16.8. The maximum absolute atomic E-state index is 12.9. The second-order valence-corrected chi connectivity index (χ2v) is 8.32. The van der Waals surface area contributed by atoms with Crippen molar-refractivity contribution in [2.24, 2.45) is 23.5 Å². The molecule has 0 saturated heterocycles. The number of carboxylic acids is 1. The van der Waals surface area contributed by atoms with Crippen LogP contribution in [0, 0.1) is 17.8 Å². The van der Waals surface area contributed by atoms with Gasteiger partial charge in [-0.1, -0.05) is 48.0 Å². The molecule has 10 heteroatoms. The number of carboxylic acid groups (broad SMARTS) is 1. The Bertz CT molecular complexity index is 585. The van der Waals surface area contributed by atoms with E-state index in [9.17, 15) is 19.2 Å². The van der Waals surface area contributed by atoms with E-state index in [1.54, 1.807) is 34.6 Å². The number of carbonyl (C=O) groups excluding carboxylic acids is 3. The molecule has 0 aliphatic carbocycles. The maximum atomic E-state index is 12.9. The van der Waals surface area contributed by atoms with Crippen LogP contribution >= 0.6 is 12.6 Å². The SMILES string of the molecule is CCC(C)C(NC(=O)C(NC(=O)C(N)C(C)C)C(C)C)C(=O)NC(CS)C(=O)O. The van der Waals surface area contributed by atoms with Gasteiger partial charge in [-0.05, 0) is 17.8 Å². The van der Waals surface area contributed by atoms with Crippen molar-refractivity contribution in [1.82, 2.24) is 16.0 Å². The van der Waals surface area contributed by atoms with Crippen LogP contribution in [0.1, 0.15) is 48.0 Å². The van der Waals surface area contributed by atoms with Crippen LogP contribution in [0.2, 0.25) is 0 Å². The number of amides is 3. The van der Waals surface area contributed by atoms with Crippen LogP contribution in [-0.4, -0.2) is 58.7 Å². The molecule has 0 heterocycles. The molecule has 0 aliphatic heterocycles. The van der Waals surface area contributed by atoms with Gasteiger partial charge in [0.2, 0.25) is 17.7 Å². The van der Waals surface area contributed by atoms with Crippen LogP contribution in [0.25, 0.3) is 0 Å². The van der Waals surface area contributed by atoms with Crippen LogP contribution < -0.4 is 21.7 Å². The van der Waals surface area contributed by atoms with Gasteiger partial charge >= 0.3 is 5.97 Å². The van der Waals surface area contributed by atoms with Crippen molar-refractivity contribution in [3.63, 3.8) is 0 Å². The second kappa shape index (κ2) is 12.7. The lowest BCUT2D eigenvalue weighted by Gasteiger charge is -2.29. The summed E-state index contributed by atoms with van der Waals surface area (Å²) in [6.45, 7) is 10.8. The minimum Gasteiger partial charge on any atom is -0.480 e. The van der Waals surface area contributed by atoms with Crippen molar-refractivity contribution in [3.8, 4) is 0 Å². The zero-order valence-corrected chi connectivity index (χ0v) is 19.0. The highest BCUT2D eigenvalue weighted by Crippen LogP contribution is 2.11. The molecule has 0 aromatic rings. The van der Waals surface area contributed by atoms with Gasteiger partial charge in [-0.15, -0.1) is 0 Å². The van der Waals surface area contributed by atoms with Gasteiger partial charge in [-0.25, -0.2) is 4.79 Å². The number of rotatable bonds is 12. The summed E-state index contributed by atoms with van der Waals surface area (Å²) >= 11 is 3.93. The predicted molar refractivity (Wildman–Crippen MR) is 114 cm³/mol. The number of thiol groups is 1. The summed E-state index contributed by atoms with van der Waals surface area (Å²) in [4.78, 5) is 49.0. The molecule has 5 atom stereocenters. The average Bonchev–Trinajstić information content (AvgIpc) is 2.65. The molecule has 0 aliphatic rings. The van der Waals surface area contributed by atoms with Crippen molar-refractivity contribution < 1.29 is 24.3 Å². The molecule has 29 heavy (non-hydrogen) atoms. The van der Waals surface area contributed by atoms with Crippen molar-refractivity contribution in [3.05, 3.63) is 0 Å². The highest BCUT2D eigenvalue weighted by molar-refractivity contribution is 7.80. The molecule has 168 valence electrons. The summed E-state index contributed by atoms with van der Waals surface area (Å²) in [6, 6.07) is -3.76. The van der Waals surface area contributed by atoms with Crippen molar-refractivity contribution in [2.75, 3.05) is 5.75 Å². The first-order valence-electron chi connectivity index (χ1n) is 9.87. The van der Waals surface area contributed by atoms with Gasteiger partial charge in [0.05, 0.1) is 6.04 Å². The molecule has 0 fully saturated rings. The van der Waals surface area contributed by atoms with E-state index >= 15 is 0 Å². The minimum absolute atomic E-state index is 0.0833. The Balaban J connectivity index is 5.42. The summed E-state index contributed by atoms with van der Waals surface area (Å²) in [5.74, 6) is -3.47. The molecule has 0 radical (unpaired) electrons. The lowest BCUT2D eigenvalue weighted by atomic mass is 9.96. The lowest BCUT2D eigenvalue weighted by Crippen LogP contribution is -2.60. The molecule has 0 bridgehead atoms. The fraction of sp³-hybridized carbons (Fsp3) is 0.789. The lowest BCUT2D eigenvalue weighted by molar-refractivity contribution is -0.142. The normalized spacial score (nSPS) is 16.5. The quantitative estimate of drug-likeness (QED) is 0.241. The van der Waals surface area contributed by atoms with Gasteiger partial charge in [0.1, 0.15) is 18.1 Å². The number of aliphatic carboxylic acids is 1. The number of hydrogen-bond acceptors (Lipinski definition) is 6. The van der Waals surface area contributed by atoms with Gasteiger partial charge in [0.15, 0.2) is 0 Å². The third kappa shape index (κ3) is 8.61. The number of nitrogens with one attached hydrogen (secondary N) is 3. The first-order chi connectivity index (χ1) is 13.4. The van der Waals surface area contributed by atoms with E-state index < -0.39 is 47.9 Å². The summed E-state index contributed by atoms with van der Waals surface area (Å²) in [7, 11) is 0. The Morgan fingerprint density at radius 2 is 1.34 bits per heavy atom. The summed E-state index contributed by atoms with van der Waals surface area (Å²) in [5.41, 5.74) is 5.86. The zero-order chi connectivity index (χ0) is 22.9. The molecular weight excluding hydrogens is 396 g/mol. The second-order valence-electron chi connectivity index (χ2n) is 7.95. The Kier molecular flexibility index (Phi) is 11.9. The molecule has 0 saturated carbocycles. The molecule has 0 spiro atoms. The molecule has 0 rings (SSSR count). The van der Waals surface area contributed by atoms with Crippen molar-refractivity contribution in [1.29, 1.82) is 0 Å². The van der Waals surface area contributed by atoms with E-state index in [1.807, 2.05) is 6.92 Å². The van der Waals surface area contributed by atoms with E-state index in [2.05, 4.69) is 28.6 Å². The topological polar surface area (TPSA) is 151 Å². The first-order valence-corrected chi connectivity index (χ1v) is 10.5. The number of nitrogens with two attached hydrogens (primary N) is 1. The van der Waals surface area contributed by atoms with Crippen molar-refractivity contribution >= 4 is 36.3 Å². The van der Waals surface area contributed by atoms with Crippen LogP contribution in [0.5, 0.6) is 0 Å². The van der Waals surface area contributed by atoms with Crippen LogP contribution in [0.15, 0.2) is 0 Å². The molecular formula is C19H36N4O5S. The van der Waals surface area contributed by atoms with Gasteiger partial charge in [-0.3, -0.25) is 14.4 Å². The summed E-state index contributed by atoms with van der Waals surface area (Å²) < 4.78 is 0. The Hall–Kier alpha value is -1.81. The molecule has 3 amide bonds. The van der Waals surface area contributed by atoms with E-state index in [0.717, 1.165) is 0 Å². The van der Waals surface area contributed by atoms with E-state index in [4.69, 9.17) is 10.8 Å². The third-order valence-electron chi connectivity index (χ3n) is 4.86. The zero-order valence-electron chi connectivity index (χ0n) is 18.1. The Labute approximate surface area is 178 Å².